The van der Waals surface area contributed by atoms with Crippen molar-refractivity contribution in [2.45, 2.75) is 44.1 Å². The van der Waals surface area contributed by atoms with Gasteiger partial charge in [0, 0.05) is 0 Å². The van der Waals surface area contributed by atoms with E-state index in [1.165, 1.54) is 0 Å². The van der Waals surface area contributed by atoms with Crippen LogP contribution in [0, 0.1) is 0 Å². The summed E-state index contributed by atoms with van der Waals surface area (Å²) < 4.78 is 10.6. The molecule has 0 aromatic carbocycles. The Balaban J connectivity index is 2.68. The highest BCUT2D eigenvalue weighted by Gasteiger charge is 2.46. The van der Waals surface area contributed by atoms with Crippen LogP contribution in [0.2, 0.25) is 0 Å². The van der Waals surface area contributed by atoms with E-state index in [2.05, 4.69) is 0 Å². The van der Waals surface area contributed by atoms with Crippen molar-refractivity contribution >= 4 is 0 Å². The molecule has 0 bridgehead atoms. The number of hydrogen-bond donors (Lipinski definition) is 4. The Morgan fingerprint density at radius 1 is 1.20 bits per heavy atom. The van der Waals surface area contributed by atoms with Gasteiger partial charge in [0.05, 0.1) is 13.2 Å². The van der Waals surface area contributed by atoms with E-state index in [1.807, 2.05) is 0 Å². The molecule has 1 aliphatic heterocycles. The van der Waals surface area contributed by atoms with Crippen molar-refractivity contribution in [3.05, 3.63) is 0 Å². The highest BCUT2D eigenvalue weighted by Crippen LogP contribution is 2.30. The standard InChI is InChI=1S/C9H18O6/c1-9(2)14-6(4-11)8(15-9)7(13)5(12)3-10/h5-8,10-13H,3-4H2,1-2H3/t5-,6+,7-,8+/m0/s1. The van der Waals surface area contributed by atoms with Crippen LogP contribution in [0.4, 0.5) is 0 Å². The summed E-state index contributed by atoms with van der Waals surface area (Å²) in [5.41, 5.74) is 0. The molecule has 6 heteroatoms. The van der Waals surface area contributed by atoms with Gasteiger partial charge in [0.2, 0.25) is 0 Å². The Morgan fingerprint density at radius 3 is 2.27 bits per heavy atom. The minimum absolute atomic E-state index is 0.316. The molecule has 6 nitrogen and oxygen atoms in total. The third kappa shape index (κ3) is 2.87. The molecule has 15 heavy (non-hydrogen) atoms. The SMILES string of the molecule is CC1(C)O[C@@H]([C@@H](O)[C@@H](O)CO)[C@@H](CO)O1. The van der Waals surface area contributed by atoms with Crippen molar-refractivity contribution in [2.75, 3.05) is 13.2 Å². The first-order chi connectivity index (χ1) is 6.91. The quantitative estimate of drug-likeness (QED) is 0.448. The van der Waals surface area contributed by atoms with Gasteiger partial charge in [-0.2, -0.15) is 0 Å². The Bertz CT molecular complexity index is 207. The lowest BCUT2D eigenvalue weighted by Crippen LogP contribution is -2.45. The van der Waals surface area contributed by atoms with Crippen molar-refractivity contribution in [3.63, 3.8) is 0 Å². The average molecular weight is 222 g/mol. The second kappa shape index (κ2) is 4.73. The second-order valence-electron chi connectivity index (χ2n) is 4.06. The summed E-state index contributed by atoms with van der Waals surface area (Å²) in [6, 6.07) is 0. The van der Waals surface area contributed by atoms with Gasteiger partial charge < -0.3 is 29.9 Å². The monoisotopic (exact) mass is 222 g/mol. The fraction of sp³-hybridized carbons (Fsp3) is 1.00. The van der Waals surface area contributed by atoms with Crippen LogP contribution in [-0.2, 0) is 9.47 Å². The van der Waals surface area contributed by atoms with Gasteiger partial charge in [-0.1, -0.05) is 0 Å². The Kier molecular flexibility index (Phi) is 4.05. The zero-order chi connectivity index (χ0) is 11.6. The summed E-state index contributed by atoms with van der Waals surface area (Å²) in [6.45, 7) is 2.41. The van der Waals surface area contributed by atoms with Crippen molar-refractivity contribution in [3.8, 4) is 0 Å². The van der Waals surface area contributed by atoms with E-state index in [4.69, 9.17) is 19.7 Å². The molecule has 1 aliphatic rings. The molecule has 1 rings (SSSR count). The summed E-state index contributed by atoms with van der Waals surface area (Å²) >= 11 is 0. The molecule has 1 heterocycles. The van der Waals surface area contributed by atoms with Crippen LogP contribution >= 0.6 is 0 Å². The molecule has 1 fully saturated rings. The van der Waals surface area contributed by atoms with E-state index in [0.29, 0.717) is 0 Å². The van der Waals surface area contributed by atoms with Crippen molar-refractivity contribution in [1.29, 1.82) is 0 Å². The van der Waals surface area contributed by atoms with Crippen LogP contribution in [-0.4, -0.2) is 63.8 Å². The number of hydrogen-bond acceptors (Lipinski definition) is 6. The molecule has 1 saturated heterocycles. The van der Waals surface area contributed by atoms with Crippen LogP contribution in [0.5, 0.6) is 0 Å². The maximum absolute atomic E-state index is 9.63. The highest BCUT2D eigenvalue weighted by molar-refractivity contribution is 4.89. The molecule has 0 spiro atoms. The third-order valence-corrected chi connectivity index (χ3v) is 2.32. The Hall–Kier alpha value is -0.240. The maximum Gasteiger partial charge on any atom is 0.164 e. The number of aliphatic hydroxyl groups excluding tert-OH is 4. The molecule has 0 radical (unpaired) electrons. The molecular weight excluding hydrogens is 204 g/mol. The average Bonchev–Trinajstić information content (AvgIpc) is 2.51. The molecule has 0 aromatic rings. The zero-order valence-corrected chi connectivity index (χ0v) is 8.83. The van der Waals surface area contributed by atoms with Gasteiger partial charge in [0.25, 0.3) is 0 Å². The first-order valence-electron chi connectivity index (χ1n) is 4.85. The first-order valence-corrected chi connectivity index (χ1v) is 4.85. The maximum atomic E-state index is 9.63. The normalized spacial score (nSPS) is 34.0. The van der Waals surface area contributed by atoms with Gasteiger partial charge >= 0.3 is 0 Å². The van der Waals surface area contributed by atoms with Crippen LogP contribution in [0.3, 0.4) is 0 Å². The minimum Gasteiger partial charge on any atom is -0.394 e. The van der Waals surface area contributed by atoms with Crippen LogP contribution in [0.1, 0.15) is 13.8 Å². The molecule has 0 unspecified atom stereocenters. The zero-order valence-electron chi connectivity index (χ0n) is 8.83. The summed E-state index contributed by atoms with van der Waals surface area (Å²) in [6.07, 6.45) is -4.13. The van der Waals surface area contributed by atoms with Crippen LogP contribution in [0.25, 0.3) is 0 Å². The molecule has 90 valence electrons. The fourth-order valence-electron chi connectivity index (χ4n) is 1.62. The van der Waals surface area contributed by atoms with Gasteiger partial charge in [-0.25, -0.2) is 0 Å². The van der Waals surface area contributed by atoms with Crippen LogP contribution < -0.4 is 0 Å². The van der Waals surface area contributed by atoms with Crippen molar-refractivity contribution in [1.82, 2.24) is 0 Å². The van der Waals surface area contributed by atoms with E-state index in [1.54, 1.807) is 13.8 Å². The number of aliphatic hydroxyl groups is 4. The highest BCUT2D eigenvalue weighted by atomic mass is 16.8. The number of rotatable bonds is 4. The first kappa shape index (κ1) is 12.8. The lowest BCUT2D eigenvalue weighted by Gasteiger charge is -2.24. The van der Waals surface area contributed by atoms with E-state index in [0.717, 1.165) is 0 Å². The van der Waals surface area contributed by atoms with Crippen molar-refractivity contribution in [2.24, 2.45) is 0 Å². The largest absolute Gasteiger partial charge is 0.394 e. The van der Waals surface area contributed by atoms with E-state index in [9.17, 15) is 10.2 Å². The van der Waals surface area contributed by atoms with E-state index < -0.39 is 36.8 Å². The summed E-state index contributed by atoms with van der Waals surface area (Å²) in [7, 11) is 0. The van der Waals surface area contributed by atoms with Crippen LogP contribution in [0.15, 0.2) is 0 Å². The Labute approximate surface area is 88.1 Å². The molecule has 0 aromatic heterocycles. The molecule has 0 aliphatic carbocycles. The lowest BCUT2D eigenvalue weighted by atomic mass is 10.0. The second-order valence-corrected chi connectivity index (χ2v) is 4.06. The molecule has 4 atom stereocenters. The van der Waals surface area contributed by atoms with E-state index in [-0.39, 0.29) is 6.61 Å². The minimum atomic E-state index is -1.30. The predicted molar refractivity (Wildman–Crippen MR) is 50.0 cm³/mol. The van der Waals surface area contributed by atoms with Gasteiger partial charge in [-0.15, -0.1) is 0 Å². The molecule has 4 N–H and O–H groups in total. The summed E-state index contributed by atoms with van der Waals surface area (Å²) in [5.74, 6) is -0.909. The third-order valence-electron chi connectivity index (χ3n) is 2.32. The fourth-order valence-corrected chi connectivity index (χ4v) is 1.62. The van der Waals surface area contributed by atoms with Gasteiger partial charge in [0.15, 0.2) is 5.79 Å². The summed E-state index contributed by atoms with van der Waals surface area (Å²) in [5, 5.41) is 36.6. The van der Waals surface area contributed by atoms with Gasteiger partial charge in [-0.3, -0.25) is 0 Å². The molecule has 0 saturated carbocycles. The predicted octanol–water partition coefficient (Wildman–Crippen LogP) is -1.79. The Morgan fingerprint density at radius 2 is 1.80 bits per heavy atom. The van der Waals surface area contributed by atoms with Gasteiger partial charge in [0.1, 0.15) is 24.4 Å². The van der Waals surface area contributed by atoms with Gasteiger partial charge in [-0.05, 0) is 13.8 Å². The molecule has 0 amide bonds. The topological polar surface area (TPSA) is 99.4 Å². The molecular formula is C9H18O6. The van der Waals surface area contributed by atoms with Crippen molar-refractivity contribution < 1.29 is 29.9 Å². The summed E-state index contributed by atoms with van der Waals surface area (Å²) in [4.78, 5) is 0. The number of ether oxygens (including phenoxy) is 2. The van der Waals surface area contributed by atoms with E-state index >= 15 is 0 Å². The smallest absolute Gasteiger partial charge is 0.164 e. The lowest BCUT2D eigenvalue weighted by molar-refractivity contribution is -0.165.